The van der Waals surface area contributed by atoms with Crippen molar-refractivity contribution in [3.05, 3.63) is 34.9 Å². The molecular formula is C18H28. The minimum atomic E-state index is 0.890. The Morgan fingerprint density at radius 2 is 1.94 bits per heavy atom. The molecule has 3 unspecified atom stereocenters. The van der Waals surface area contributed by atoms with Gasteiger partial charge in [0.05, 0.1) is 0 Å². The van der Waals surface area contributed by atoms with Crippen molar-refractivity contribution in [1.29, 1.82) is 0 Å². The Hall–Kier alpha value is -0.780. The number of hydrogen-bond acceptors (Lipinski definition) is 0. The highest BCUT2D eigenvalue weighted by atomic mass is 14.4. The third-order valence-electron chi connectivity index (χ3n) is 5.10. The van der Waals surface area contributed by atoms with Crippen LogP contribution in [0, 0.1) is 17.8 Å². The highest BCUT2D eigenvalue weighted by Crippen LogP contribution is 2.46. The second-order valence-corrected chi connectivity index (χ2v) is 6.28. The van der Waals surface area contributed by atoms with E-state index in [0.717, 1.165) is 17.8 Å². The van der Waals surface area contributed by atoms with Crippen LogP contribution in [0.15, 0.2) is 34.9 Å². The zero-order chi connectivity index (χ0) is 13.1. The SMILES string of the molecule is CC=C(CC(C)=C(C)CC)CC1CC2C=CC1C2. The minimum absolute atomic E-state index is 0.890. The molecule has 2 aliphatic carbocycles. The predicted molar refractivity (Wildman–Crippen MR) is 80.5 cm³/mol. The summed E-state index contributed by atoms with van der Waals surface area (Å²) in [6.07, 6.45) is 13.9. The zero-order valence-electron chi connectivity index (χ0n) is 12.5. The minimum Gasteiger partial charge on any atom is -0.0881 e. The molecule has 1 fully saturated rings. The molecule has 0 heterocycles. The van der Waals surface area contributed by atoms with Gasteiger partial charge in [-0.3, -0.25) is 0 Å². The van der Waals surface area contributed by atoms with Crippen LogP contribution in [0.1, 0.15) is 59.8 Å². The van der Waals surface area contributed by atoms with Crippen LogP contribution in [0.5, 0.6) is 0 Å². The van der Waals surface area contributed by atoms with E-state index < -0.39 is 0 Å². The van der Waals surface area contributed by atoms with E-state index in [1.54, 1.807) is 16.7 Å². The lowest BCUT2D eigenvalue weighted by atomic mass is 9.85. The van der Waals surface area contributed by atoms with Crippen molar-refractivity contribution in [1.82, 2.24) is 0 Å². The molecule has 0 heteroatoms. The third-order valence-corrected chi connectivity index (χ3v) is 5.10. The maximum absolute atomic E-state index is 2.48. The summed E-state index contributed by atoms with van der Waals surface area (Å²) in [5.41, 5.74) is 4.82. The second-order valence-electron chi connectivity index (χ2n) is 6.28. The Morgan fingerprint density at radius 3 is 2.44 bits per heavy atom. The van der Waals surface area contributed by atoms with Gasteiger partial charge in [0.2, 0.25) is 0 Å². The average molecular weight is 244 g/mol. The van der Waals surface area contributed by atoms with Crippen LogP contribution in [-0.2, 0) is 0 Å². The number of fused-ring (bicyclic) bond motifs is 2. The summed E-state index contributed by atoms with van der Waals surface area (Å²) in [4.78, 5) is 0. The zero-order valence-corrected chi connectivity index (χ0v) is 12.5. The van der Waals surface area contributed by atoms with Gasteiger partial charge in [0.15, 0.2) is 0 Å². The van der Waals surface area contributed by atoms with E-state index >= 15 is 0 Å². The molecule has 0 N–H and O–H groups in total. The largest absolute Gasteiger partial charge is 0.0881 e. The van der Waals surface area contributed by atoms with Crippen LogP contribution >= 0.6 is 0 Å². The van der Waals surface area contributed by atoms with Crippen LogP contribution in [0.4, 0.5) is 0 Å². The molecule has 3 atom stereocenters. The van der Waals surface area contributed by atoms with Crippen LogP contribution in [0.2, 0.25) is 0 Å². The van der Waals surface area contributed by atoms with Crippen molar-refractivity contribution < 1.29 is 0 Å². The Labute approximate surface area is 113 Å². The molecule has 2 rings (SSSR count). The standard InChI is InChI=1S/C18H28/c1-5-13(3)14(4)9-15(6-2)10-18-12-16-7-8-17(18)11-16/h6-8,16-18H,5,9-12H2,1-4H3. The van der Waals surface area contributed by atoms with Crippen molar-refractivity contribution in [2.45, 2.75) is 59.8 Å². The smallest absolute Gasteiger partial charge is 0.0109 e. The van der Waals surface area contributed by atoms with E-state index in [9.17, 15) is 0 Å². The van der Waals surface area contributed by atoms with Gasteiger partial charge < -0.3 is 0 Å². The fraction of sp³-hybridized carbons (Fsp3) is 0.667. The van der Waals surface area contributed by atoms with Crippen molar-refractivity contribution in [3.63, 3.8) is 0 Å². The topological polar surface area (TPSA) is 0 Å². The van der Waals surface area contributed by atoms with Gasteiger partial charge >= 0.3 is 0 Å². The lowest BCUT2D eigenvalue weighted by molar-refractivity contribution is 0.441. The Kier molecular flexibility index (Phi) is 4.48. The number of rotatable bonds is 5. The van der Waals surface area contributed by atoms with E-state index in [-0.39, 0.29) is 0 Å². The van der Waals surface area contributed by atoms with Gasteiger partial charge in [-0.2, -0.15) is 0 Å². The molecule has 1 saturated carbocycles. The van der Waals surface area contributed by atoms with Crippen molar-refractivity contribution >= 4 is 0 Å². The molecule has 0 amide bonds. The molecule has 100 valence electrons. The van der Waals surface area contributed by atoms with Crippen LogP contribution in [-0.4, -0.2) is 0 Å². The number of hydrogen-bond donors (Lipinski definition) is 0. The summed E-state index contributed by atoms with van der Waals surface area (Å²) >= 11 is 0. The fourth-order valence-electron chi connectivity index (χ4n) is 3.55. The van der Waals surface area contributed by atoms with Gasteiger partial charge in [0, 0.05) is 0 Å². The first-order chi connectivity index (χ1) is 8.63. The molecule has 0 aromatic rings. The predicted octanol–water partition coefficient (Wildman–Crippen LogP) is 5.67. The van der Waals surface area contributed by atoms with Crippen molar-refractivity contribution in [3.8, 4) is 0 Å². The molecule has 0 nitrogen and oxygen atoms in total. The van der Waals surface area contributed by atoms with E-state index in [2.05, 4.69) is 45.9 Å². The van der Waals surface area contributed by atoms with Crippen LogP contribution in [0.3, 0.4) is 0 Å². The third kappa shape index (κ3) is 2.96. The maximum atomic E-state index is 2.48. The maximum Gasteiger partial charge on any atom is -0.0109 e. The molecule has 0 aromatic carbocycles. The van der Waals surface area contributed by atoms with E-state index in [4.69, 9.17) is 0 Å². The summed E-state index contributed by atoms with van der Waals surface area (Å²) in [5, 5.41) is 0. The average Bonchev–Trinajstić information content (AvgIpc) is 2.98. The van der Waals surface area contributed by atoms with Crippen molar-refractivity contribution in [2.24, 2.45) is 17.8 Å². The summed E-state index contributed by atoms with van der Waals surface area (Å²) < 4.78 is 0. The second kappa shape index (κ2) is 5.91. The molecule has 0 saturated heterocycles. The first kappa shape index (κ1) is 13.6. The van der Waals surface area contributed by atoms with E-state index in [0.29, 0.717) is 0 Å². The lowest BCUT2D eigenvalue weighted by Gasteiger charge is -2.20. The van der Waals surface area contributed by atoms with Gasteiger partial charge in [-0.1, -0.05) is 41.9 Å². The van der Waals surface area contributed by atoms with E-state index in [1.165, 1.54) is 32.1 Å². The van der Waals surface area contributed by atoms with Crippen molar-refractivity contribution in [2.75, 3.05) is 0 Å². The molecule has 0 radical (unpaired) electrons. The molecule has 0 spiro atoms. The van der Waals surface area contributed by atoms with E-state index in [1.807, 2.05) is 0 Å². The summed E-state index contributed by atoms with van der Waals surface area (Å²) in [6.45, 7) is 9.06. The van der Waals surface area contributed by atoms with Crippen LogP contribution in [0.25, 0.3) is 0 Å². The van der Waals surface area contributed by atoms with Gasteiger partial charge in [-0.15, -0.1) is 0 Å². The van der Waals surface area contributed by atoms with Crippen LogP contribution < -0.4 is 0 Å². The molecule has 2 bridgehead atoms. The normalized spacial score (nSPS) is 32.0. The van der Waals surface area contributed by atoms with Gasteiger partial charge in [-0.25, -0.2) is 0 Å². The highest BCUT2D eigenvalue weighted by Gasteiger charge is 2.35. The first-order valence-electron chi connectivity index (χ1n) is 7.61. The summed E-state index contributed by atoms with van der Waals surface area (Å²) in [5.74, 6) is 2.73. The molecule has 0 aliphatic heterocycles. The van der Waals surface area contributed by atoms with Gasteiger partial charge in [0.1, 0.15) is 0 Å². The molecule has 18 heavy (non-hydrogen) atoms. The van der Waals surface area contributed by atoms with Gasteiger partial charge in [0.25, 0.3) is 0 Å². The molecule has 2 aliphatic rings. The molecular weight excluding hydrogens is 216 g/mol. The summed E-state index contributed by atoms with van der Waals surface area (Å²) in [7, 11) is 0. The van der Waals surface area contributed by atoms with Gasteiger partial charge in [-0.05, 0) is 70.6 Å². The fourth-order valence-corrected chi connectivity index (χ4v) is 3.55. The molecule has 0 aromatic heterocycles. The Bertz CT molecular complexity index is 381. The Morgan fingerprint density at radius 1 is 1.17 bits per heavy atom. The Balaban J connectivity index is 1.93. The lowest BCUT2D eigenvalue weighted by Crippen LogP contribution is -2.08. The monoisotopic (exact) mass is 244 g/mol. The first-order valence-corrected chi connectivity index (χ1v) is 7.61. The quantitative estimate of drug-likeness (QED) is 0.546. The summed E-state index contributed by atoms with van der Waals surface area (Å²) in [6, 6.07) is 0. The number of allylic oxidation sites excluding steroid dienone is 6. The highest BCUT2D eigenvalue weighted by molar-refractivity contribution is 5.20.